The number of rotatable bonds is 6. The van der Waals surface area contributed by atoms with Gasteiger partial charge in [-0.15, -0.1) is 0 Å². The van der Waals surface area contributed by atoms with E-state index < -0.39 is 100 Å². The van der Waals surface area contributed by atoms with E-state index in [1.165, 1.54) is 10.9 Å². The first-order chi connectivity index (χ1) is 27.6. The van der Waals surface area contributed by atoms with Crippen molar-refractivity contribution < 1.29 is 55.7 Å². The number of aromatic amines is 1. The van der Waals surface area contributed by atoms with E-state index in [9.17, 15) is 24.2 Å². The number of nitrogens with zero attached hydrogens (tertiary/aromatic N) is 7. The van der Waals surface area contributed by atoms with Crippen LogP contribution in [-0.2, 0) is 32.4 Å². The summed E-state index contributed by atoms with van der Waals surface area (Å²) in [7, 11) is -8.57. The van der Waals surface area contributed by atoms with Gasteiger partial charge >= 0.3 is 14.3 Å². The van der Waals surface area contributed by atoms with Gasteiger partial charge in [0.1, 0.15) is 31.7 Å². The van der Waals surface area contributed by atoms with E-state index in [0.29, 0.717) is 5.56 Å². The summed E-state index contributed by atoms with van der Waals surface area (Å²) >= 11 is 8.31. The highest BCUT2D eigenvalue weighted by Gasteiger charge is 2.60. The number of carbonyl (C=O) groups is 2. The average Bonchev–Trinajstić information content (AvgIpc) is 3.94. The Morgan fingerprint density at radius 1 is 0.862 bits per heavy atom. The fourth-order valence-corrected chi connectivity index (χ4v) is 9.40. The van der Waals surface area contributed by atoms with Crippen LogP contribution in [0, 0.1) is 5.92 Å². The Morgan fingerprint density at radius 2 is 1.43 bits per heavy atom. The van der Waals surface area contributed by atoms with Gasteiger partial charge in [-0.05, 0) is 12.1 Å². The van der Waals surface area contributed by atoms with Crippen LogP contribution < -0.4 is 16.2 Å². The van der Waals surface area contributed by atoms with E-state index in [1.807, 2.05) is 0 Å². The van der Waals surface area contributed by atoms with Crippen molar-refractivity contribution >= 4 is 84.7 Å². The number of imidazole rings is 2. The molecule has 1 aromatic carbocycles. The molecule has 7 heterocycles. The van der Waals surface area contributed by atoms with E-state index in [4.69, 9.17) is 27.6 Å². The van der Waals surface area contributed by atoms with Gasteiger partial charge < -0.3 is 14.8 Å². The summed E-state index contributed by atoms with van der Waals surface area (Å²) in [4.78, 5) is 83.6. The van der Waals surface area contributed by atoms with Gasteiger partial charge in [-0.25, -0.2) is 28.7 Å². The van der Waals surface area contributed by atoms with Crippen molar-refractivity contribution in [3.8, 4) is 0 Å². The van der Waals surface area contributed by atoms with Crippen LogP contribution in [0.4, 0.5) is 20.5 Å². The zero-order valence-corrected chi connectivity index (χ0v) is 33.6. The molecule has 3 fully saturated rings. The Bertz CT molecular complexity index is 2410. The molecule has 0 aliphatic carbocycles. The van der Waals surface area contributed by atoms with Crippen molar-refractivity contribution in [1.82, 2.24) is 39.0 Å². The van der Waals surface area contributed by atoms with Crippen LogP contribution in [0.25, 0.3) is 22.3 Å². The molecule has 10 atom stereocenters. The number of thiol groups is 2. The first-order valence-electron chi connectivity index (χ1n) is 17.3. The summed E-state index contributed by atoms with van der Waals surface area (Å²) in [6, 6.07) is 8.35. The second-order valence-electron chi connectivity index (χ2n) is 13.5. The van der Waals surface area contributed by atoms with Gasteiger partial charge in [-0.1, -0.05) is 32.0 Å². The molecule has 5 N–H and O–H groups in total. The van der Waals surface area contributed by atoms with Gasteiger partial charge in [0.05, 0.1) is 37.2 Å². The Kier molecular flexibility index (Phi) is 11.3. The predicted molar refractivity (Wildman–Crippen MR) is 207 cm³/mol. The highest BCUT2D eigenvalue weighted by atomic mass is 32.7. The van der Waals surface area contributed by atoms with E-state index in [1.54, 1.807) is 44.2 Å². The molecule has 308 valence electrons. The molecule has 0 radical (unpaired) electrons. The largest absolute Gasteiger partial charge is 0.476 e. The zero-order valence-electron chi connectivity index (χ0n) is 30.0. The minimum atomic E-state index is -4.29. The molecule has 2 unspecified atom stereocenters. The number of ether oxygens (including phenoxy) is 2. The molecule has 0 bridgehead atoms. The number of aromatic nitrogens is 8. The van der Waals surface area contributed by atoms with Crippen LogP contribution in [0.1, 0.15) is 36.7 Å². The maximum Gasteiger partial charge on any atom is 0.476 e. The lowest BCUT2D eigenvalue weighted by Crippen LogP contribution is -2.38. The number of hydrogen-bond acceptors (Lipinski definition) is 18. The summed E-state index contributed by atoms with van der Waals surface area (Å²) in [6.45, 7) is 1.92. The molecule has 5 aromatic rings. The summed E-state index contributed by atoms with van der Waals surface area (Å²) in [5.74, 6) is -1.57. The van der Waals surface area contributed by atoms with E-state index >= 15 is 8.78 Å². The molecule has 0 spiro atoms. The molecule has 27 heteroatoms. The summed E-state index contributed by atoms with van der Waals surface area (Å²) in [5, 5.41) is 5.13. The number of fused-ring (bicyclic) bond motifs is 4. The van der Waals surface area contributed by atoms with Gasteiger partial charge in [0.15, 0.2) is 65.2 Å². The molecule has 3 aliphatic heterocycles. The van der Waals surface area contributed by atoms with Crippen molar-refractivity contribution in [3.63, 3.8) is 0 Å². The molecule has 21 nitrogen and oxygen atoms in total. The standard InChI is InChI=1S/C31H32F2N10O11P2S2/c1-13(2)26(44)40-31-39-25-20(28(46)41-31)37-12-43(25)30-18(33)22-16(52-30)9-50-55(47,57)53-21-15(8-49-56(48,58)54-22)51-29(17(21)32)42-11-36-19-23(34-10-35-24(19)42)38-27(45)14-6-4-3-5-7-14/h3-7,10-13,15-18,21-22,29-30,47-48,57-58H,8-9H2,1-2H3,(H-2,34,35,38,39,40,41,44,45,46)/p+2/t15-,16-,17-,18-,21-,22-,29-,30-,55?,56?/m1/s1. The molecule has 58 heavy (non-hydrogen) atoms. The Balaban J connectivity index is 1.03. The second-order valence-corrected chi connectivity index (χ2v) is 19.4. The molecule has 2 amide bonds. The molecule has 0 saturated carbocycles. The number of carbonyl (C=O) groups excluding carboxylic acids is 2. The van der Waals surface area contributed by atoms with Crippen LogP contribution in [0.2, 0.25) is 0 Å². The lowest BCUT2D eigenvalue weighted by atomic mass is 10.1. The van der Waals surface area contributed by atoms with Crippen molar-refractivity contribution in [2.45, 2.75) is 63.1 Å². The van der Waals surface area contributed by atoms with Crippen LogP contribution in [0.5, 0.6) is 0 Å². The molecular weight excluding hydrogens is 852 g/mol. The molecule has 4 aromatic heterocycles. The quantitative estimate of drug-likeness (QED) is 0.0953. The van der Waals surface area contributed by atoms with Crippen molar-refractivity contribution in [2.24, 2.45) is 5.92 Å². The zero-order chi connectivity index (χ0) is 41.1. The van der Waals surface area contributed by atoms with Crippen molar-refractivity contribution in [1.29, 1.82) is 0 Å². The fraction of sp³-hybridized carbons (Fsp3) is 0.419. The lowest BCUT2D eigenvalue weighted by Gasteiger charge is -2.25. The number of halogens is 2. The van der Waals surface area contributed by atoms with E-state index in [2.05, 4.69) is 65.0 Å². The van der Waals surface area contributed by atoms with Gasteiger partial charge in [0.2, 0.25) is 11.9 Å². The first kappa shape index (κ1) is 40.9. The monoisotopic (exact) mass is 886 g/mol. The lowest BCUT2D eigenvalue weighted by molar-refractivity contribution is -0.118. The number of nitrogens with one attached hydrogen (secondary N) is 3. The SMILES string of the molecule is CC(C)C(=O)Nc1nc2c(ncn2[C@@H]2O[C@@H]3CO[P+](O)(S)O[C@H]4[C@@H](F)[C@H](n5cnc6c(NC(=O)c7ccccc7)ncnc65)O[C@@H]4CO[P+](O)(S)O[C@H]3[C@H]2F)c(=O)[nH]1. The van der Waals surface area contributed by atoms with Crippen molar-refractivity contribution in [2.75, 3.05) is 23.8 Å². The van der Waals surface area contributed by atoms with Crippen LogP contribution >= 0.6 is 38.8 Å². The second kappa shape index (κ2) is 16.0. The van der Waals surface area contributed by atoms with Crippen LogP contribution in [-0.4, -0.2) is 111 Å². The number of benzene rings is 1. The number of amides is 2. The predicted octanol–water partition coefficient (Wildman–Crippen LogP) is 3.29. The third-order valence-corrected chi connectivity index (χ3v) is 12.5. The minimum Gasteiger partial charge on any atom is -0.346 e. The summed E-state index contributed by atoms with van der Waals surface area (Å²) < 4.78 is 69.8. The third kappa shape index (κ3) is 8.06. The smallest absolute Gasteiger partial charge is 0.346 e. The van der Waals surface area contributed by atoms with Gasteiger partial charge in [0.25, 0.3) is 11.5 Å². The maximum atomic E-state index is 16.5. The van der Waals surface area contributed by atoms with Crippen molar-refractivity contribution in [3.05, 3.63) is 65.2 Å². The first-order valence-corrected chi connectivity index (χ1v) is 22.8. The molecular formula is C31H34F2N10O11P2S2+2. The van der Waals surface area contributed by atoms with Gasteiger partial charge in [0, 0.05) is 11.5 Å². The highest BCUT2D eigenvalue weighted by Crippen LogP contribution is 2.67. The number of hydrogen-bond donors (Lipinski definition) is 7. The molecule has 3 aliphatic rings. The van der Waals surface area contributed by atoms with Crippen LogP contribution in [0.3, 0.4) is 0 Å². The van der Waals surface area contributed by atoms with Gasteiger partial charge in [-0.3, -0.25) is 33.8 Å². The van der Waals surface area contributed by atoms with Gasteiger partial charge in [-0.2, -0.15) is 32.9 Å². The third-order valence-electron chi connectivity index (χ3n) is 9.24. The number of alkyl halides is 2. The minimum absolute atomic E-state index is 0.0374. The number of anilines is 2. The topological polar surface area (TPSA) is 261 Å². The normalized spacial score (nSPS) is 31.7. The van der Waals surface area contributed by atoms with Crippen LogP contribution in [0.15, 0.2) is 54.1 Å². The average molecular weight is 887 g/mol. The maximum absolute atomic E-state index is 16.5. The summed E-state index contributed by atoms with van der Waals surface area (Å²) in [6.07, 6.45) is -10.1. The molecule has 8 rings (SSSR count). The number of H-pyrrole nitrogens is 1. The highest BCUT2D eigenvalue weighted by molar-refractivity contribution is 8.47. The van der Waals surface area contributed by atoms with E-state index in [0.717, 1.165) is 17.2 Å². The Morgan fingerprint density at radius 3 is 2.02 bits per heavy atom. The molecule has 3 saturated heterocycles. The fourth-order valence-electron chi connectivity index (χ4n) is 6.41. The Hall–Kier alpha value is -3.84. The Labute approximate surface area is 336 Å². The van der Waals surface area contributed by atoms with E-state index in [-0.39, 0.29) is 34.1 Å². The summed E-state index contributed by atoms with van der Waals surface area (Å²) in [5.41, 5.74) is -0.585.